The lowest BCUT2D eigenvalue weighted by atomic mass is 9.87. The Morgan fingerprint density at radius 2 is 2.08 bits per heavy atom. The molecule has 0 radical (unpaired) electrons. The Hall–Kier alpha value is -1.09. The summed E-state index contributed by atoms with van der Waals surface area (Å²) in [4.78, 5) is 9.44. The van der Waals surface area contributed by atoms with Gasteiger partial charge in [0, 0.05) is 11.0 Å². The summed E-state index contributed by atoms with van der Waals surface area (Å²) in [5, 5.41) is 3.43. The summed E-state index contributed by atoms with van der Waals surface area (Å²) in [6, 6.07) is 4.31. The number of hydrogen-bond donors (Lipinski definition) is 2. The molecule has 2 unspecified atom stereocenters. The van der Waals surface area contributed by atoms with Crippen molar-refractivity contribution in [3.63, 3.8) is 0 Å². The fourth-order valence-electron chi connectivity index (χ4n) is 3.16. The molecule has 0 amide bonds. The molecule has 2 atom stereocenters. The number of aromatic nitrogens is 2. The summed E-state index contributed by atoms with van der Waals surface area (Å²) < 4.78 is 26.1. The topological polar surface area (TPSA) is 84.0 Å². The minimum absolute atomic E-state index is 0.0302. The Morgan fingerprint density at radius 1 is 1.35 bits per heavy atom. The summed E-state index contributed by atoms with van der Waals surface area (Å²) in [6.07, 6.45) is 3.84. The van der Waals surface area contributed by atoms with Crippen LogP contribution in [-0.4, -0.2) is 37.7 Å². The number of sulfonamides is 1. The van der Waals surface area contributed by atoms with Crippen LogP contribution in [0.2, 0.25) is 0 Å². The van der Waals surface area contributed by atoms with E-state index in [2.05, 4.69) is 63.9 Å². The molecule has 1 aliphatic heterocycles. The van der Waals surface area contributed by atoms with E-state index in [0.717, 1.165) is 34.2 Å². The van der Waals surface area contributed by atoms with Crippen molar-refractivity contribution in [2.24, 2.45) is 5.92 Å². The highest BCUT2D eigenvalue weighted by Crippen LogP contribution is 2.32. The number of fused-ring (bicyclic) bond motifs is 1. The molecule has 3 rings (SSSR count). The third-order valence-electron chi connectivity index (χ3n) is 4.70. The molecule has 1 aromatic heterocycles. The molecule has 0 spiro atoms. The van der Waals surface area contributed by atoms with E-state index in [1.807, 2.05) is 6.20 Å². The maximum absolute atomic E-state index is 11.3. The van der Waals surface area contributed by atoms with Crippen LogP contribution in [0.1, 0.15) is 44.5 Å². The molecule has 8 heteroatoms. The van der Waals surface area contributed by atoms with Gasteiger partial charge in [-0.05, 0) is 57.9 Å². The van der Waals surface area contributed by atoms with E-state index >= 15 is 0 Å². The number of benzene rings is 1. The number of hydrogen-bond acceptors (Lipinski definition) is 5. The van der Waals surface area contributed by atoms with Gasteiger partial charge in [0.15, 0.2) is 0 Å². The Bertz CT molecular complexity index is 925. The first-order valence-corrected chi connectivity index (χ1v) is 11.4. The smallest absolute Gasteiger partial charge is 0.208 e. The van der Waals surface area contributed by atoms with Gasteiger partial charge in [0.1, 0.15) is 5.52 Å². The van der Waals surface area contributed by atoms with E-state index in [4.69, 9.17) is 4.98 Å². The summed E-state index contributed by atoms with van der Waals surface area (Å²) in [7, 11) is -3.16. The first-order valence-electron chi connectivity index (χ1n) is 8.67. The summed E-state index contributed by atoms with van der Waals surface area (Å²) in [5.41, 5.74) is 3.87. The SMILES string of the molecule is CC(C)(C)c1cc(Br)c2ncc(C3CC(CNS(C)(=O)=O)CN3)nc2c1. The van der Waals surface area contributed by atoms with Crippen LogP contribution < -0.4 is 10.0 Å². The zero-order chi connectivity index (χ0) is 19.1. The van der Waals surface area contributed by atoms with Gasteiger partial charge in [-0.25, -0.2) is 18.1 Å². The second-order valence-electron chi connectivity index (χ2n) is 8.05. The van der Waals surface area contributed by atoms with Crippen molar-refractivity contribution in [3.05, 3.63) is 34.1 Å². The minimum Gasteiger partial charge on any atom is -0.308 e. The van der Waals surface area contributed by atoms with Crippen molar-refractivity contribution in [2.45, 2.75) is 38.6 Å². The van der Waals surface area contributed by atoms with Gasteiger partial charge in [0.25, 0.3) is 0 Å². The van der Waals surface area contributed by atoms with Gasteiger partial charge in [0.2, 0.25) is 10.0 Å². The van der Waals surface area contributed by atoms with Crippen LogP contribution in [0.25, 0.3) is 11.0 Å². The molecule has 2 heterocycles. The fraction of sp³-hybridized carbons (Fsp3) is 0.556. The third kappa shape index (κ3) is 4.60. The predicted octanol–water partition coefficient (Wildman–Crippen LogP) is 2.89. The van der Waals surface area contributed by atoms with Crippen molar-refractivity contribution >= 4 is 37.0 Å². The van der Waals surface area contributed by atoms with Gasteiger partial charge < -0.3 is 5.32 Å². The normalized spacial score (nSPS) is 21.4. The van der Waals surface area contributed by atoms with Crippen LogP contribution in [0.3, 0.4) is 0 Å². The molecule has 26 heavy (non-hydrogen) atoms. The third-order valence-corrected chi connectivity index (χ3v) is 5.99. The molecular weight excluding hydrogens is 416 g/mol. The second-order valence-corrected chi connectivity index (χ2v) is 10.7. The second kappa shape index (κ2) is 7.14. The lowest BCUT2D eigenvalue weighted by Crippen LogP contribution is -2.29. The molecule has 2 aromatic rings. The highest BCUT2D eigenvalue weighted by molar-refractivity contribution is 9.10. The fourth-order valence-corrected chi connectivity index (χ4v) is 4.25. The zero-order valence-electron chi connectivity index (χ0n) is 15.5. The van der Waals surface area contributed by atoms with Crippen LogP contribution >= 0.6 is 15.9 Å². The van der Waals surface area contributed by atoms with Gasteiger partial charge in [-0.1, -0.05) is 20.8 Å². The Balaban J connectivity index is 1.83. The Labute approximate surface area is 163 Å². The first kappa shape index (κ1) is 19.7. The maximum atomic E-state index is 11.3. The Kier molecular flexibility index (Phi) is 5.40. The molecular formula is C18H25BrN4O2S. The highest BCUT2D eigenvalue weighted by atomic mass is 79.9. The predicted molar refractivity (Wildman–Crippen MR) is 108 cm³/mol. The largest absolute Gasteiger partial charge is 0.308 e. The zero-order valence-corrected chi connectivity index (χ0v) is 17.9. The van der Waals surface area contributed by atoms with Crippen molar-refractivity contribution < 1.29 is 8.42 Å². The number of rotatable bonds is 4. The minimum atomic E-state index is -3.16. The van der Waals surface area contributed by atoms with Crippen molar-refractivity contribution in [2.75, 3.05) is 19.3 Å². The van der Waals surface area contributed by atoms with E-state index in [1.165, 1.54) is 11.8 Å². The van der Waals surface area contributed by atoms with Crippen molar-refractivity contribution in [1.29, 1.82) is 0 Å². The van der Waals surface area contributed by atoms with Crippen LogP contribution in [0.5, 0.6) is 0 Å². The average molecular weight is 441 g/mol. The standard InChI is InChI=1S/C18H25BrN4O2S/c1-18(2,3)12-6-13(19)17-15(7-12)23-16(10-21-17)14-5-11(8-20-14)9-22-26(4,24)25/h6-7,10-11,14,20,22H,5,8-9H2,1-4H3. The van der Waals surface area contributed by atoms with Crippen LogP contribution in [0, 0.1) is 5.92 Å². The molecule has 1 fully saturated rings. The van der Waals surface area contributed by atoms with Crippen LogP contribution in [0.15, 0.2) is 22.8 Å². The molecule has 6 nitrogen and oxygen atoms in total. The Morgan fingerprint density at radius 3 is 2.73 bits per heavy atom. The van der Waals surface area contributed by atoms with E-state index in [-0.39, 0.29) is 17.4 Å². The quantitative estimate of drug-likeness (QED) is 0.763. The van der Waals surface area contributed by atoms with Gasteiger partial charge in [-0.3, -0.25) is 4.98 Å². The molecule has 1 aromatic carbocycles. The number of halogens is 1. The van der Waals surface area contributed by atoms with E-state index in [0.29, 0.717) is 6.54 Å². The monoisotopic (exact) mass is 440 g/mol. The molecule has 1 aliphatic rings. The van der Waals surface area contributed by atoms with Gasteiger partial charge in [-0.2, -0.15) is 0 Å². The average Bonchev–Trinajstić information content (AvgIpc) is 3.00. The number of nitrogens with zero attached hydrogens (tertiary/aromatic N) is 2. The van der Waals surface area contributed by atoms with Crippen molar-refractivity contribution in [3.8, 4) is 0 Å². The molecule has 0 aliphatic carbocycles. The summed E-state index contributed by atoms with van der Waals surface area (Å²) in [5.74, 6) is 0.250. The van der Waals surface area contributed by atoms with Crippen LogP contribution in [0.4, 0.5) is 0 Å². The van der Waals surface area contributed by atoms with E-state index < -0.39 is 10.0 Å². The van der Waals surface area contributed by atoms with Gasteiger partial charge in [-0.15, -0.1) is 0 Å². The lowest BCUT2D eigenvalue weighted by molar-refractivity contribution is 0.531. The maximum Gasteiger partial charge on any atom is 0.208 e. The molecule has 1 saturated heterocycles. The van der Waals surface area contributed by atoms with E-state index in [1.54, 1.807) is 0 Å². The van der Waals surface area contributed by atoms with Crippen molar-refractivity contribution in [1.82, 2.24) is 20.0 Å². The first-order chi connectivity index (χ1) is 12.0. The molecule has 0 bridgehead atoms. The highest BCUT2D eigenvalue weighted by Gasteiger charge is 2.27. The van der Waals surface area contributed by atoms with Gasteiger partial charge in [0.05, 0.1) is 29.7 Å². The summed E-state index contributed by atoms with van der Waals surface area (Å²) in [6.45, 7) is 7.74. The van der Waals surface area contributed by atoms with Crippen LogP contribution in [-0.2, 0) is 15.4 Å². The number of nitrogens with one attached hydrogen (secondary N) is 2. The van der Waals surface area contributed by atoms with E-state index in [9.17, 15) is 8.42 Å². The lowest BCUT2D eigenvalue weighted by Gasteiger charge is -2.20. The molecule has 0 saturated carbocycles. The molecule has 142 valence electrons. The van der Waals surface area contributed by atoms with Gasteiger partial charge >= 0.3 is 0 Å². The molecule has 2 N–H and O–H groups in total. The summed E-state index contributed by atoms with van der Waals surface area (Å²) >= 11 is 3.61.